The number of halogens is 1. The first-order valence-electron chi connectivity index (χ1n) is 5.92. The number of hydrogen-bond donors (Lipinski definition) is 2. The molecule has 0 atom stereocenters. The van der Waals surface area contributed by atoms with Gasteiger partial charge >= 0.3 is 5.97 Å². The highest BCUT2D eigenvalue weighted by atomic mass is 19.1. The lowest BCUT2D eigenvalue weighted by Crippen LogP contribution is -2.26. The van der Waals surface area contributed by atoms with E-state index in [2.05, 4.69) is 9.97 Å². The van der Waals surface area contributed by atoms with Crippen LogP contribution in [-0.4, -0.2) is 21.0 Å². The Labute approximate surface area is 110 Å². The van der Waals surface area contributed by atoms with Gasteiger partial charge in [0.25, 0.3) is 0 Å². The Morgan fingerprint density at radius 3 is 2.84 bits per heavy atom. The predicted molar refractivity (Wildman–Crippen MR) is 69.1 cm³/mol. The first-order valence-corrected chi connectivity index (χ1v) is 5.92. The number of aromatic nitrogens is 2. The van der Waals surface area contributed by atoms with Gasteiger partial charge in [0, 0.05) is 12.0 Å². The molecule has 2 aromatic rings. The number of rotatable bonds is 4. The van der Waals surface area contributed by atoms with Gasteiger partial charge in [-0.2, -0.15) is 0 Å². The van der Waals surface area contributed by atoms with E-state index in [-0.39, 0.29) is 12.2 Å². The summed E-state index contributed by atoms with van der Waals surface area (Å²) in [6, 6.07) is 6.16. The third kappa shape index (κ3) is 2.99. The highest BCUT2D eigenvalue weighted by molar-refractivity contribution is 5.73. The van der Waals surface area contributed by atoms with Crippen LogP contribution in [0.4, 0.5) is 4.39 Å². The number of aromatic amines is 1. The molecular weight excluding hydrogens is 247 g/mol. The lowest BCUT2D eigenvalue weighted by Gasteiger charge is -2.16. The standard InChI is InChI=1S/C14H15FN2O2/c1-14(2,13(18)19)7-12-16-8-11(17-12)9-4-3-5-10(15)6-9/h3-6,8H,7H2,1-2H3,(H,16,17)(H,18,19). The Hall–Kier alpha value is -2.17. The molecule has 0 radical (unpaired) electrons. The molecule has 5 heteroatoms. The Kier molecular flexibility index (Phi) is 3.38. The molecule has 100 valence electrons. The smallest absolute Gasteiger partial charge is 0.309 e. The van der Waals surface area contributed by atoms with Gasteiger partial charge in [0.1, 0.15) is 11.6 Å². The van der Waals surface area contributed by atoms with Crippen LogP contribution in [0.15, 0.2) is 30.5 Å². The molecular formula is C14H15FN2O2. The van der Waals surface area contributed by atoms with Crippen LogP contribution in [0.3, 0.4) is 0 Å². The molecule has 0 unspecified atom stereocenters. The Morgan fingerprint density at radius 1 is 1.47 bits per heavy atom. The molecule has 2 rings (SSSR count). The number of H-pyrrole nitrogens is 1. The van der Waals surface area contributed by atoms with E-state index in [1.54, 1.807) is 32.2 Å². The van der Waals surface area contributed by atoms with E-state index >= 15 is 0 Å². The van der Waals surface area contributed by atoms with Crippen LogP contribution in [0, 0.1) is 11.2 Å². The second kappa shape index (κ2) is 4.84. The zero-order chi connectivity index (χ0) is 14.0. The van der Waals surface area contributed by atoms with E-state index in [1.807, 2.05) is 0 Å². The van der Waals surface area contributed by atoms with Crippen molar-refractivity contribution in [3.63, 3.8) is 0 Å². The van der Waals surface area contributed by atoms with Crippen LogP contribution in [-0.2, 0) is 11.2 Å². The van der Waals surface area contributed by atoms with Crippen LogP contribution in [0.2, 0.25) is 0 Å². The summed E-state index contributed by atoms with van der Waals surface area (Å²) in [7, 11) is 0. The van der Waals surface area contributed by atoms with Gasteiger partial charge in [0.05, 0.1) is 17.3 Å². The maximum Gasteiger partial charge on any atom is 0.309 e. The summed E-state index contributed by atoms with van der Waals surface area (Å²) in [4.78, 5) is 18.2. The molecule has 0 amide bonds. The molecule has 4 nitrogen and oxygen atoms in total. The van der Waals surface area contributed by atoms with Gasteiger partial charge in [0.15, 0.2) is 0 Å². The third-order valence-electron chi connectivity index (χ3n) is 2.95. The van der Waals surface area contributed by atoms with Crippen LogP contribution >= 0.6 is 0 Å². The number of imidazole rings is 1. The van der Waals surface area contributed by atoms with Gasteiger partial charge < -0.3 is 10.1 Å². The van der Waals surface area contributed by atoms with Crippen molar-refractivity contribution in [3.8, 4) is 11.3 Å². The van der Waals surface area contributed by atoms with E-state index in [9.17, 15) is 9.18 Å². The van der Waals surface area contributed by atoms with Crippen molar-refractivity contribution in [1.29, 1.82) is 0 Å². The van der Waals surface area contributed by atoms with Gasteiger partial charge in [-0.05, 0) is 26.0 Å². The summed E-state index contributed by atoms with van der Waals surface area (Å²) in [5.41, 5.74) is 0.472. The third-order valence-corrected chi connectivity index (χ3v) is 2.95. The maximum absolute atomic E-state index is 13.1. The summed E-state index contributed by atoms with van der Waals surface area (Å²) < 4.78 is 13.1. The number of carbonyl (C=O) groups is 1. The van der Waals surface area contributed by atoms with Crippen molar-refractivity contribution in [2.45, 2.75) is 20.3 Å². The fraction of sp³-hybridized carbons (Fsp3) is 0.286. The second-order valence-electron chi connectivity index (χ2n) is 5.12. The lowest BCUT2D eigenvalue weighted by molar-refractivity contribution is -0.146. The molecule has 0 aliphatic rings. The van der Waals surface area contributed by atoms with Gasteiger partial charge in [-0.15, -0.1) is 0 Å². The summed E-state index contributed by atoms with van der Waals surface area (Å²) in [5.74, 6) is -0.623. The maximum atomic E-state index is 13.1. The van der Waals surface area contributed by atoms with Crippen molar-refractivity contribution < 1.29 is 14.3 Å². The average Bonchev–Trinajstić information content (AvgIpc) is 2.76. The van der Waals surface area contributed by atoms with E-state index in [0.717, 1.165) is 0 Å². The minimum absolute atomic E-state index is 0.289. The number of benzene rings is 1. The molecule has 0 saturated carbocycles. The lowest BCUT2D eigenvalue weighted by atomic mass is 9.89. The zero-order valence-electron chi connectivity index (χ0n) is 10.8. The molecule has 0 fully saturated rings. The number of nitrogens with one attached hydrogen (secondary N) is 1. The monoisotopic (exact) mass is 262 g/mol. The summed E-state index contributed by atoms with van der Waals surface area (Å²) in [5, 5.41) is 9.07. The molecule has 1 aromatic carbocycles. The minimum atomic E-state index is -0.892. The van der Waals surface area contributed by atoms with Crippen LogP contribution in [0.5, 0.6) is 0 Å². The van der Waals surface area contributed by atoms with E-state index in [1.165, 1.54) is 12.1 Å². The minimum Gasteiger partial charge on any atom is -0.481 e. The average molecular weight is 262 g/mol. The topological polar surface area (TPSA) is 66.0 Å². The van der Waals surface area contributed by atoms with Crippen molar-refractivity contribution in [2.24, 2.45) is 5.41 Å². The van der Waals surface area contributed by atoms with E-state index in [0.29, 0.717) is 17.1 Å². The molecule has 1 aromatic heterocycles. The van der Waals surface area contributed by atoms with Crippen LogP contribution in [0.25, 0.3) is 11.3 Å². The van der Waals surface area contributed by atoms with E-state index < -0.39 is 11.4 Å². The van der Waals surface area contributed by atoms with Gasteiger partial charge in [-0.25, -0.2) is 9.37 Å². The summed E-state index contributed by atoms with van der Waals surface area (Å²) in [6.07, 6.45) is 1.87. The normalized spacial score (nSPS) is 11.5. The molecule has 0 saturated heterocycles. The predicted octanol–water partition coefficient (Wildman–Crippen LogP) is 2.87. The van der Waals surface area contributed by atoms with Crippen molar-refractivity contribution in [1.82, 2.24) is 9.97 Å². The zero-order valence-corrected chi connectivity index (χ0v) is 10.8. The van der Waals surface area contributed by atoms with Gasteiger partial charge in [0.2, 0.25) is 0 Å². The van der Waals surface area contributed by atoms with Crippen molar-refractivity contribution >= 4 is 5.97 Å². The highest BCUT2D eigenvalue weighted by Gasteiger charge is 2.28. The SMILES string of the molecule is CC(C)(Cc1ncc(-c2cccc(F)c2)[nH]1)C(=O)O. The quantitative estimate of drug-likeness (QED) is 0.890. The number of hydrogen-bond acceptors (Lipinski definition) is 2. The molecule has 2 N–H and O–H groups in total. The number of aliphatic carboxylic acids is 1. The fourth-order valence-electron chi connectivity index (χ4n) is 1.75. The van der Waals surface area contributed by atoms with E-state index in [4.69, 9.17) is 5.11 Å². The first-order chi connectivity index (χ1) is 8.88. The molecule has 0 aliphatic carbocycles. The Balaban J connectivity index is 2.23. The highest BCUT2D eigenvalue weighted by Crippen LogP contribution is 2.23. The molecule has 0 bridgehead atoms. The number of carboxylic acid groups (broad SMARTS) is 1. The second-order valence-corrected chi connectivity index (χ2v) is 5.12. The van der Waals surface area contributed by atoms with Gasteiger partial charge in [-0.3, -0.25) is 4.79 Å². The summed E-state index contributed by atoms with van der Waals surface area (Å²) in [6.45, 7) is 3.28. The van der Waals surface area contributed by atoms with Crippen molar-refractivity contribution in [2.75, 3.05) is 0 Å². The number of carboxylic acids is 1. The van der Waals surface area contributed by atoms with Gasteiger partial charge in [-0.1, -0.05) is 12.1 Å². The Morgan fingerprint density at radius 2 is 2.21 bits per heavy atom. The first kappa shape index (κ1) is 13.3. The van der Waals surface area contributed by atoms with Crippen LogP contribution < -0.4 is 0 Å². The van der Waals surface area contributed by atoms with Crippen molar-refractivity contribution in [3.05, 3.63) is 42.1 Å². The molecule has 0 aliphatic heterocycles. The largest absolute Gasteiger partial charge is 0.481 e. The Bertz CT molecular complexity index is 605. The fourth-order valence-corrected chi connectivity index (χ4v) is 1.75. The van der Waals surface area contributed by atoms with Crippen LogP contribution in [0.1, 0.15) is 19.7 Å². The molecule has 1 heterocycles. The molecule has 19 heavy (non-hydrogen) atoms. The summed E-state index contributed by atoms with van der Waals surface area (Å²) >= 11 is 0. The number of nitrogens with zero attached hydrogens (tertiary/aromatic N) is 1. The molecule has 0 spiro atoms.